The second kappa shape index (κ2) is 6.73. The molecule has 0 aliphatic heterocycles. The first-order chi connectivity index (χ1) is 9.13. The molecule has 0 bridgehead atoms. The van der Waals surface area contributed by atoms with Crippen molar-refractivity contribution in [2.45, 2.75) is 26.4 Å². The average Bonchev–Trinajstić information content (AvgIpc) is 2.37. The van der Waals surface area contributed by atoms with Crippen LogP contribution in [0.5, 0.6) is 11.5 Å². The molecule has 2 aromatic carbocycles. The normalized spacial score (nSPS) is 10.7. The van der Waals surface area contributed by atoms with Crippen molar-refractivity contribution in [3.8, 4) is 11.5 Å². The van der Waals surface area contributed by atoms with Crippen molar-refractivity contribution in [1.29, 1.82) is 0 Å². The fourth-order valence-corrected chi connectivity index (χ4v) is 2.09. The van der Waals surface area contributed by atoms with Crippen molar-refractivity contribution < 1.29 is 4.74 Å². The second-order valence-corrected chi connectivity index (χ2v) is 5.66. The Bertz CT molecular complexity index is 540. The second-order valence-electron chi connectivity index (χ2n) is 4.74. The fourth-order valence-electron chi connectivity index (χ4n) is 1.71. The van der Waals surface area contributed by atoms with E-state index >= 15 is 0 Å². The van der Waals surface area contributed by atoms with E-state index in [9.17, 15) is 0 Å². The predicted molar refractivity (Wildman–Crippen MR) is 82.6 cm³/mol. The van der Waals surface area contributed by atoms with Crippen LogP contribution in [0.4, 0.5) is 0 Å². The number of hydrogen-bond donors (Lipinski definition) is 1. The molecule has 0 radical (unpaired) electrons. The van der Waals surface area contributed by atoms with Crippen molar-refractivity contribution in [1.82, 2.24) is 5.32 Å². The summed E-state index contributed by atoms with van der Waals surface area (Å²) < 4.78 is 6.87. The topological polar surface area (TPSA) is 21.3 Å². The maximum Gasteiger partial charge on any atom is 0.128 e. The van der Waals surface area contributed by atoms with Crippen LogP contribution < -0.4 is 10.1 Å². The standard InChI is InChI=1S/C16H18BrNO/c1-12(2)18-11-13-5-3-7-15(9-13)19-16-8-4-6-14(17)10-16/h3-10,12,18H,11H2,1-2H3. The number of nitrogens with one attached hydrogen (secondary N) is 1. The molecule has 0 aliphatic carbocycles. The van der Waals surface area contributed by atoms with Crippen molar-refractivity contribution >= 4 is 15.9 Å². The lowest BCUT2D eigenvalue weighted by Gasteiger charge is -2.10. The lowest BCUT2D eigenvalue weighted by Crippen LogP contribution is -2.21. The van der Waals surface area contributed by atoms with Crippen LogP contribution in [-0.2, 0) is 6.54 Å². The number of halogens is 1. The van der Waals surface area contributed by atoms with Crippen molar-refractivity contribution in [2.24, 2.45) is 0 Å². The molecular weight excluding hydrogens is 302 g/mol. The molecule has 0 atom stereocenters. The van der Waals surface area contributed by atoms with Gasteiger partial charge in [-0.05, 0) is 35.9 Å². The quantitative estimate of drug-likeness (QED) is 0.859. The van der Waals surface area contributed by atoms with Gasteiger partial charge in [0.25, 0.3) is 0 Å². The number of benzene rings is 2. The molecule has 100 valence electrons. The molecule has 0 fully saturated rings. The molecule has 0 saturated heterocycles. The summed E-state index contributed by atoms with van der Waals surface area (Å²) in [4.78, 5) is 0. The minimum absolute atomic E-state index is 0.481. The van der Waals surface area contributed by atoms with Crippen molar-refractivity contribution in [3.05, 3.63) is 58.6 Å². The highest BCUT2D eigenvalue weighted by atomic mass is 79.9. The van der Waals surface area contributed by atoms with Crippen LogP contribution in [0.2, 0.25) is 0 Å². The van der Waals surface area contributed by atoms with Gasteiger partial charge in [-0.2, -0.15) is 0 Å². The first-order valence-electron chi connectivity index (χ1n) is 6.39. The molecule has 0 aliphatic rings. The first kappa shape index (κ1) is 14.1. The highest BCUT2D eigenvalue weighted by Gasteiger charge is 2.00. The van der Waals surface area contributed by atoms with E-state index in [0.29, 0.717) is 6.04 Å². The van der Waals surface area contributed by atoms with E-state index in [1.165, 1.54) is 5.56 Å². The molecule has 2 nitrogen and oxygen atoms in total. The molecule has 19 heavy (non-hydrogen) atoms. The molecule has 0 unspecified atom stereocenters. The molecule has 0 aromatic heterocycles. The van der Waals surface area contributed by atoms with Gasteiger partial charge in [0.2, 0.25) is 0 Å². The van der Waals surface area contributed by atoms with Crippen LogP contribution in [0.3, 0.4) is 0 Å². The summed E-state index contributed by atoms with van der Waals surface area (Å²) in [6, 6.07) is 16.5. The maximum atomic E-state index is 5.85. The largest absolute Gasteiger partial charge is 0.457 e. The van der Waals surface area contributed by atoms with Crippen LogP contribution in [0, 0.1) is 0 Å². The van der Waals surface area contributed by atoms with Gasteiger partial charge >= 0.3 is 0 Å². The van der Waals surface area contributed by atoms with Gasteiger partial charge < -0.3 is 10.1 Å². The summed E-state index contributed by atoms with van der Waals surface area (Å²) in [6.45, 7) is 5.14. The minimum Gasteiger partial charge on any atom is -0.457 e. The highest BCUT2D eigenvalue weighted by molar-refractivity contribution is 9.10. The molecule has 0 saturated carbocycles. The number of ether oxygens (including phenoxy) is 1. The fraction of sp³-hybridized carbons (Fsp3) is 0.250. The monoisotopic (exact) mass is 319 g/mol. The molecule has 2 aromatic rings. The van der Waals surface area contributed by atoms with Gasteiger partial charge in [0.05, 0.1) is 0 Å². The Labute approximate surface area is 122 Å². The Hall–Kier alpha value is -1.32. The first-order valence-corrected chi connectivity index (χ1v) is 7.18. The zero-order valence-electron chi connectivity index (χ0n) is 11.2. The van der Waals surface area contributed by atoms with Gasteiger partial charge in [0.1, 0.15) is 11.5 Å². The Morgan fingerprint density at radius 3 is 2.42 bits per heavy atom. The smallest absolute Gasteiger partial charge is 0.128 e. The van der Waals surface area contributed by atoms with Crippen molar-refractivity contribution in [3.63, 3.8) is 0 Å². The van der Waals surface area contributed by atoms with E-state index in [0.717, 1.165) is 22.5 Å². The van der Waals surface area contributed by atoms with E-state index in [-0.39, 0.29) is 0 Å². The summed E-state index contributed by atoms with van der Waals surface area (Å²) in [6.07, 6.45) is 0. The summed E-state index contributed by atoms with van der Waals surface area (Å²) in [5.41, 5.74) is 1.22. The third-order valence-corrected chi connectivity index (χ3v) is 3.14. The molecule has 2 rings (SSSR count). The van der Waals surface area contributed by atoms with Crippen LogP contribution in [0.1, 0.15) is 19.4 Å². The van der Waals surface area contributed by atoms with Gasteiger partial charge in [-0.15, -0.1) is 0 Å². The summed E-state index contributed by atoms with van der Waals surface area (Å²) in [7, 11) is 0. The molecule has 0 heterocycles. The zero-order valence-corrected chi connectivity index (χ0v) is 12.8. The Balaban J connectivity index is 2.06. The van der Waals surface area contributed by atoms with Gasteiger partial charge in [-0.3, -0.25) is 0 Å². The Morgan fingerprint density at radius 1 is 1.05 bits per heavy atom. The summed E-state index contributed by atoms with van der Waals surface area (Å²) in [5.74, 6) is 1.70. The van der Waals surface area contributed by atoms with Gasteiger partial charge in [0, 0.05) is 17.1 Å². The van der Waals surface area contributed by atoms with Crippen LogP contribution in [0.25, 0.3) is 0 Å². The molecule has 0 spiro atoms. The van der Waals surface area contributed by atoms with E-state index in [4.69, 9.17) is 4.74 Å². The van der Waals surface area contributed by atoms with E-state index < -0.39 is 0 Å². The predicted octanol–water partition coefficient (Wildman–Crippen LogP) is 4.74. The van der Waals surface area contributed by atoms with Crippen molar-refractivity contribution in [2.75, 3.05) is 0 Å². The molecule has 1 N–H and O–H groups in total. The third-order valence-electron chi connectivity index (χ3n) is 2.64. The van der Waals surface area contributed by atoms with Gasteiger partial charge in [-0.25, -0.2) is 0 Å². The number of hydrogen-bond acceptors (Lipinski definition) is 2. The zero-order chi connectivity index (χ0) is 13.7. The summed E-state index contributed by atoms with van der Waals surface area (Å²) in [5, 5.41) is 3.40. The van der Waals surface area contributed by atoms with Crippen LogP contribution >= 0.6 is 15.9 Å². The van der Waals surface area contributed by atoms with Crippen LogP contribution in [-0.4, -0.2) is 6.04 Å². The van der Waals surface area contributed by atoms with Gasteiger partial charge in [-0.1, -0.05) is 48.0 Å². The lowest BCUT2D eigenvalue weighted by atomic mass is 10.2. The Kier molecular flexibility index (Phi) is 5.00. The lowest BCUT2D eigenvalue weighted by molar-refractivity contribution is 0.480. The average molecular weight is 320 g/mol. The minimum atomic E-state index is 0.481. The molecule has 0 amide bonds. The molecule has 3 heteroatoms. The number of rotatable bonds is 5. The summed E-state index contributed by atoms with van der Waals surface area (Å²) >= 11 is 3.44. The maximum absolute atomic E-state index is 5.85. The van der Waals surface area contributed by atoms with Gasteiger partial charge in [0.15, 0.2) is 0 Å². The molecular formula is C16H18BrNO. The Morgan fingerprint density at radius 2 is 1.74 bits per heavy atom. The van der Waals surface area contributed by atoms with E-state index in [2.05, 4.69) is 47.2 Å². The third kappa shape index (κ3) is 4.69. The van der Waals surface area contributed by atoms with E-state index in [1.807, 2.05) is 36.4 Å². The SMILES string of the molecule is CC(C)NCc1cccc(Oc2cccc(Br)c2)c1. The van der Waals surface area contributed by atoms with Crippen LogP contribution in [0.15, 0.2) is 53.0 Å². The highest BCUT2D eigenvalue weighted by Crippen LogP contribution is 2.24. The van der Waals surface area contributed by atoms with E-state index in [1.54, 1.807) is 0 Å².